The highest BCUT2D eigenvalue weighted by Crippen LogP contribution is 2.16. The molecule has 0 aliphatic carbocycles. The van der Waals surface area contributed by atoms with E-state index in [0.29, 0.717) is 13.0 Å². The molecule has 1 aromatic rings. The number of halogens is 1. The SMILES string of the molecule is CCOC(=O)[C@@H](CC)n1ncnc1Cl. The second kappa shape index (κ2) is 4.95. The normalized spacial score (nSPS) is 12.5. The Kier molecular flexibility index (Phi) is 3.88. The Hall–Kier alpha value is -1.10. The molecule has 0 N–H and O–H groups in total. The summed E-state index contributed by atoms with van der Waals surface area (Å²) in [6.07, 6.45) is 1.88. The molecule has 0 radical (unpaired) electrons. The Balaban J connectivity index is 2.82. The zero-order chi connectivity index (χ0) is 10.6. The predicted octanol–water partition coefficient (Wildman–Crippen LogP) is 1.45. The molecule has 1 atom stereocenters. The van der Waals surface area contributed by atoms with Crippen LogP contribution in [0.2, 0.25) is 5.28 Å². The smallest absolute Gasteiger partial charge is 0.331 e. The molecule has 0 amide bonds. The van der Waals surface area contributed by atoms with E-state index in [2.05, 4.69) is 10.1 Å². The van der Waals surface area contributed by atoms with Gasteiger partial charge in [-0.3, -0.25) is 0 Å². The van der Waals surface area contributed by atoms with Crippen LogP contribution in [0.25, 0.3) is 0 Å². The van der Waals surface area contributed by atoms with Gasteiger partial charge in [0, 0.05) is 0 Å². The number of nitrogens with zero attached hydrogens (tertiary/aromatic N) is 3. The van der Waals surface area contributed by atoms with Crippen LogP contribution < -0.4 is 0 Å². The standard InChI is InChI=1S/C8H12ClN3O2/c1-3-6(7(13)14-4-2)12-8(9)10-5-11-12/h5-6H,3-4H2,1-2H3/t6-/m1/s1. The molecular formula is C8H12ClN3O2. The quantitative estimate of drug-likeness (QED) is 0.717. The molecule has 1 aromatic heterocycles. The Morgan fingerprint density at radius 3 is 2.86 bits per heavy atom. The summed E-state index contributed by atoms with van der Waals surface area (Å²) in [4.78, 5) is 15.2. The van der Waals surface area contributed by atoms with Crippen molar-refractivity contribution in [2.75, 3.05) is 6.61 Å². The summed E-state index contributed by atoms with van der Waals surface area (Å²) in [7, 11) is 0. The van der Waals surface area contributed by atoms with Crippen LogP contribution in [-0.2, 0) is 9.53 Å². The van der Waals surface area contributed by atoms with Gasteiger partial charge < -0.3 is 4.74 Å². The number of carbonyl (C=O) groups is 1. The van der Waals surface area contributed by atoms with E-state index >= 15 is 0 Å². The lowest BCUT2D eigenvalue weighted by Crippen LogP contribution is -2.22. The summed E-state index contributed by atoms with van der Waals surface area (Å²) < 4.78 is 6.25. The van der Waals surface area contributed by atoms with Gasteiger partial charge in [0.1, 0.15) is 6.33 Å². The lowest BCUT2D eigenvalue weighted by atomic mass is 10.2. The molecule has 0 unspecified atom stereocenters. The predicted molar refractivity (Wildman–Crippen MR) is 51.0 cm³/mol. The molecule has 0 aromatic carbocycles. The number of hydrogen-bond acceptors (Lipinski definition) is 4. The van der Waals surface area contributed by atoms with Gasteiger partial charge in [0.2, 0.25) is 5.28 Å². The van der Waals surface area contributed by atoms with Gasteiger partial charge in [-0.15, -0.1) is 0 Å². The first kappa shape index (κ1) is 11.0. The molecule has 6 heteroatoms. The van der Waals surface area contributed by atoms with Crippen molar-refractivity contribution in [1.82, 2.24) is 14.8 Å². The van der Waals surface area contributed by atoms with Crippen LogP contribution in [0.5, 0.6) is 0 Å². The van der Waals surface area contributed by atoms with Gasteiger partial charge in [-0.2, -0.15) is 5.10 Å². The van der Waals surface area contributed by atoms with Crippen LogP contribution >= 0.6 is 11.6 Å². The van der Waals surface area contributed by atoms with Crippen LogP contribution in [0.3, 0.4) is 0 Å². The number of ether oxygens (including phenoxy) is 1. The maximum atomic E-state index is 11.5. The highest BCUT2D eigenvalue weighted by molar-refractivity contribution is 6.28. The minimum atomic E-state index is -0.482. The minimum absolute atomic E-state index is 0.199. The largest absolute Gasteiger partial charge is 0.464 e. The molecule has 0 bridgehead atoms. The molecule has 1 rings (SSSR count). The molecule has 1 heterocycles. The van der Waals surface area contributed by atoms with Crippen molar-refractivity contribution in [2.24, 2.45) is 0 Å². The fourth-order valence-corrected chi connectivity index (χ4v) is 1.33. The molecule has 0 saturated carbocycles. The van der Waals surface area contributed by atoms with E-state index in [9.17, 15) is 4.79 Å². The number of carbonyl (C=O) groups excluding carboxylic acids is 1. The second-order valence-corrected chi connectivity index (χ2v) is 2.99. The van der Waals surface area contributed by atoms with Crippen molar-refractivity contribution in [3.05, 3.63) is 11.6 Å². The Morgan fingerprint density at radius 1 is 1.71 bits per heavy atom. The van der Waals surface area contributed by atoms with Crippen LogP contribution in [0, 0.1) is 0 Å². The summed E-state index contributed by atoms with van der Waals surface area (Å²) in [5, 5.41) is 4.06. The lowest BCUT2D eigenvalue weighted by molar-refractivity contribution is -0.147. The second-order valence-electron chi connectivity index (χ2n) is 2.65. The van der Waals surface area contributed by atoms with Crippen LogP contribution in [0.15, 0.2) is 6.33 Å². The third kappa shape index (κ3) is 2.23. The number of esters is 1. The third-order valence-corrected chi connectivity index (χ3v) is 2.04. The lowest BCUT2D eigenvalue weighted by Gasteiger charge is -2.13. The van der Waals surface area contributed by atoms with Crippen molar-refractivity contribution in [2.45, 2.75) is 26.3 Å². The fraction of sp³-hybridized carbons (Fsp3) is 0.625. The van der Waals surface area contributed by atoms with Crippen molar-refractivity contribution in [1.29, 1.82) is 0 Å². The summed E-state index contributed by atoms with van der Waals surface area (Å²) >= 11 is 5.74. The highest BCUT2D eigenvalue weighted by atomic mass is 35.5. The van der Waals surface area contributed by atoms with E-state index in [-0.39, 0.29) is 11.3 Å². The summed E-state index contributed by atoms with van der Waals surface area (Å²) in [5.41, 5.74) is 0. The number of aromatic nitrogens is 3. The average molecular weight is 218 g/mol. The van der Waals surface area contributed by atoms with Gasteiger partial charge in [-0.25, -0.2) is 14.5 Å². The third-order valence-electron chi connectivity index (χ3n) is 1.77. The molecule has 14 heavy (non-hydrogen) atoms. The van der Waals surface area contributed by atoms with Gasteiger partial charge in [-0.1, -0.05) is 6.92 Å². The first-order valence-electron chi connectivity index (χ1n) is 4.42. The minimum Gasteiger partial charge on any atom is -0.464 e. The van der Waals surface area contributed by atoms with Crippen LogP contribution in [0.4, 0.5) is 0 Å². The molecular weight excluding hydrogens is 206 g/mol. The Morgan fingerprint density at radius 2 is 2.43 bits per heavy atom. The molecule has 0 aliphatic heterocycles. The van der Waals surface area contributed by atoms with Gasteiger partial charge in [0.05, 0.1) is 6.61 Å². The highest BCUT2D eigenvalue weighted by Gasteiger charge is 2.22. The number of hydrogen-bond donors (Lipinski definition) is 0. The summed E-state index contributed by atoms with van der Waals surface area (Å²) in [6.45, 7) is 3.97. The van der Waals surface area contributed by atoms with Gasteiger partial charge in [0.15, 0.2) is 6.04 Å². The molecule has 0 saturated heterocycles. The van der Waals surface area contributed by atoms with E-state index in [1.807, 2.05) is 6.92 Å². The van der Waals surface area contributed by atoms with E-state index in [1.165, 1.54) is 11.0 Å². The summed E-state index contributed by atoms with van der Waals surface area (Å²) in [6, 6.07) is -0.482. The fourth-order valence-electron chi connectivity index (χ4n) is 1.12. The molecule has 0 fully saturated rings. The van der Waals surface area contributed by atoms with Gasteiger partial charge in [0.25, 0.3) is 0 Å². The van der Waals surface area contributed by atoms with Crippen LogP contribution in [0.1, 0.15) is 26.3 Å². The molecule has 78 valence electrons. The van der Waals surface area contributed by atoms with Gasteiger partial charge in [-0.05, 0) is 24.9 Å². The van der Waals surface area contributed by atoms with E-state index < -0.39 is 6.04 Å². The van der Waals surface area contributed by atoms with E-state index in [4.69, 9.17) is 16.3 Å². The zero-order valence-corrected chi connectivity index (χ0v) is 8.86. The first-order valence-corrected chi connectivity index (χ1v) is 4.80. The monoisotopic (exact) mass is 217 g/mol. The maximum absolute atomic E-state index is 11.5. The Bertz CT molecular complexity index is 313. The molecule has 0 spiro atoms. The molecule has 0 aliphatic rings. The topological polar surface area (TPSA) is 57.0 Å². The van der Waals surface area contributed by atoms with E-state index in [0.717, 1.165) is 0 Å². The maximum Gasteiger partial charge on any atom is 0.331 e. The first-order chi connectivity index (χ1) is 6.70. The average Bonchev–Trinajstić information content (AvgIpc) is 2.54. The van der Waals surface area contributed by atoms with Crippen LogP contribution in [-0.4, -0.2) is 27.3 Å². The van der Waals surface area contributed by atoms with Crippen molar-refractivity contribution in [3.63, 3.8) is 0 Å². The van der Waals surface area contributed by atoms with Gasteiger partial charge >= 0.3 is 5.97 Å². The molecule has 5 nitrogen and oxygen atoms in total. The van der Waals surface area contributed by atoms with Crippen molar-refractivity contribution in [3.8, 4) is 0 Å². The zero-order valence-electron chi connectivity index (χ0n) is 8.11. The van der Waals surface area contributed by atoms with E-state index in [1.54, 1.807) is 6.92 Å². The Labute approximate surface area is 87.0 Å². The number of rotatable bonds is 4. The van der Waals surface area contributed by atoms with Crippen molar-refractivity contribution < 1.29 is 9.53 Å². The van der Waals surface area contributed by atoms with Crippen molar-refractivity contribution >= 4 is 17.6 Å². The summed E-state index contributed by atoms with van der Waals surface area (Å²) in [5.74, 6) is -0.331.